The normalized spacial score (nSPS) is 10.8. The predicted molar refractivity (Wildman–Crippen MR) is 114 cm³/mol. The molecule has 0 fully saturated rings. The average Bonchev–Trinajstić information content (AvgIpc) is 3.31. The summed E-state index contributed by atoms with van der Waals surface area (Å²) < 4.78 is 7.70. The van der Waals surface area contributed by atoms with Gasteiger partial charge in [0.05, 0.1) is 17.3 Å². The lowest BCUT2D eigenvalue weighted by atomic mass is 10.3. The topological polar surface area (TPSA) is 110 Å². The smallest absolute Gasteiger partial charge is 0.233 e. The summed E-state index contributed by atoms with van der Waals surface area (Å²) in [6.45, 7) is 0. The summed E-state index contributed by atoms with van der Waals surface area (Å²) in [5.74, 6) is 1.70. The minimum absolute atomic E-state index is 0.102. The summed E-state index contributed by atoms with van der Waals surface area (Å²) in [4.78, 5) is 23.8. The molecule has 0 spiro atoms. The van der Waals surface area contributed by atoms with Crippen molar-refractivity contribution in [3.8, 4) is 11.6 Å². The first-order valence-electron chi connectivity index (χ1n) is 8.90. The number of H-pyrrole nitrogens is 1. The highest BCUT2D eigenvalue weighted by atomic mass is 32.1. The summed E-state index contributed by atoms with van der Waals surface area (Å²) in [5, 5.41) is 10.8. The Labute approximate surface area is 171 Å². The van der Waals surface area contributed by atoms with Crippen molar-refractivity contribution >= 4 is 46.9 Å². The molecule has 3 heterocycles. The van der Waals surface area contributed by atoms with Gasteiger partial charge in [-0.15, -0.1) is 0 Å². The molecule has 148 valence electrons. The quantitative estimate of drug-likeness (QED) is 0.348. The number of carbonyl (C=O) groups excluding carboxylic acids is 1. The van der Waals surface area contributed by atoms with Gasteiger partial charge < -0.3 is 20.4 Å². The summed E-state index contributed by atoms with van der Waals surface area (Å²) >= 11 is 4.07. The van der Waals surface area contributed by atoms with E-state index in [1.165, 1.54) is 0 Å². The van der Waals surface area contributed by atoms with E-state index in [0.717, 1.165) is 11.1 Å². The zero-order valence-corrected chi connectivity index (χ0v) is 16.5. The molecule has 0 unspecified atom stereocenters. The molecule has 3 aromatic heterocycles. The van der Waals surface area contributed by atoms with E-state index in [1.807, 2.05) is 19.3 Å². The monoisotopic (exact) mass is 409 g/mol. The van der Waals surface area contributed by atoms with Crippen LogP contribution in [-0.4, -0.2) is 36.4 Å². The number of hydrogen-bond donors (Lipinski definition) is 4. The minimum Gasteiger partial charge on any atom is -0.438 e. The zero-order valence-electron chi connectivity index (χ0n) is 15.6. The molecule has 0 atom stereocenters. The van der Waals surface area contributed by atoms with Crippen LogP contribution in [0.4, 0.5) is 17.3 Å². The number of rotatable bonds is 7. The number of thiol groups is 1. The van der Waals surface area contributed by atoms with E-state index in [0.29, 0.717) is 41.1 Å². The number of ether oxygens (including phenoxy) is 1. The van der Waals surface area contributed by atoms with Gasteiger partial charge in [-0.3, -0.25) is 9.48 Å². The van der Waals surface area contributed by atoms with Crippen molar-refractivity contribution in [1.29, 1.82) is 0 Å². The number of aromatic amines is 1. The van der Waals surface area contributed by atoms with Crippen molar-refractivity contribution in [1.82, 2.24) is 24.7 Å². The van der Waals surface area contributed by atoms with Crippen LogP contribution in [0, 0.1) is 0 Å². The van der Waals surface area contributed by atoms with Gasteiger partial charge in [-0.25, -0.2) is 0 Å². The zero-order chi connectivity index (χ0) is 20.2. The maximum atomic E-state index is 11.8. The Kier molecular flexibility index (Phi) is 5.34. The fraction of sp³-hybridized carbons (Fsp3) is 0.158. The van der Waals surface area contributed by atoms with E-state index in [2.05, 4.69) is 43.3 Å². The number of amides is 1. The van der Waals surface area contributed by atoms with Crippen LogP contribution in [0.1, 0.15) is 6.42 Å². The van der Waals surface area contributed by atoms with E-state index in [1.54, 1.807) is 41.3 Å². The van der Waals surface area contributed by atoms with E-state index in [9.17, 15) is 4.79 Å². The van der Waals surface area contributed by atoms with E-state index < -0.39 is 0 Å². The van der Waals surface area contributed by atoms with Crippen molar-refractivity contribution in [2.45, 2.75) is 6.42 Å². The Balaban J connectivity index is 1.60. The first-order chi connectivity index (χ1) is 14.1. The molecule has 9 nitrogen and oxygen atoms in total. The Morgan fingerprint density at radius 3 is 2.97 bits per heavy atom. The number of anilines is 3. The second-order valence-corrected chi connectivity index (χ2v) is 6.72. The molecule has 0 saturated heterocycles. The van der Waals surface area contributed by atoms with Gasteiger partial charge in [-0.1, -0.05) is 6.07 Å². The van der Waals surface area contributed by atoms with Crippen LogP contribution >= 0.6 is 12.6 Å². The van der Waals surface area contributed by atoms with Crippen LogP contribution in [0.15, 0.2) is 48.9 Å². The van der Waals surface area contributed by atoms with Crippen molar-refractivity contribution in [2.75, 3.05) is 16.4 Å². The highest BCUT2D eigenvalue weighted by Gasteiger charge is 2.12. The molecule has 0 aliphatic carbocycles. The molecule has 0 aliphatic heterocycles. The van der Waals surface area contributed by atoms with E-state index in [-0.39, 0.29) is 5.91 Å². The fourth-order valence-electron chi connectivity index (χ4n) is 2.74. The molecule has 10 heteroatoms. The molecule has 3 N–H and O–H groups in total. The van der Waals surface area contributed by atoms with Gasteiger partial charge in [-0.2, -0.15) is 27.7 Å². The maximum absolute atomic E-state index is 11.8. The number of carbonyl (C=O) groups is 1. The average molecular weight is 409 g/mol. The summed E-state index contributed by atoms with van der Waals surface area (Å²) in [5.41, 5.74) is 2.04. The fourth-order valence-corrected chi connectivity index (χ4v) is 2.94. The third kappa shape index (κ3) is 4.49. The number of nitrogens with one attached hydrogen (secondary N) is 3. The number of nitrogens with zero attached hydrogens (tertiary/aromatic N) is 4. The second-order valence-electron chi connectivity index (χ2n) is 6.27. The largest absolute Gasteiger partial charge is 0.438 e. The molecular weight excluding hydrogens is 390 g/mol. The molecule has 0 aliphatic rings. The van der Waals surface area contributed by atoms with Gasteiger partial charge in [-0.05, 0) is 24.0 Å². The van der Waals surface area contributed by atoms with Crippen molar-refractivity contribution < 1.29 is 9.53 Å². The van der Waals surface area contributed by atoms with Crippen LogP contribution in [0.25, 0.3) is 11.0 Å². The Hall–Kier alpha value is -3.53. The predicted octanol–water partition coefficient (Wildman–Crippen LogP) is 3.49. The Morgan fingerprint density at radius 1 is 1.28 bits per heavy atom. The van der Waals surface area contributed by atoms with Crippen LogP contribution in [0.5, 0.6) is 11.6 Å². The van der Waals surface area contributed by atoms with E-state index in [4.69, 9.17) is 4.74 Å². The SMILES string of the molecule is Cn1cc(Nc2nc(Oc3cccc(NC(=O)CCS)c3)c3cc[nH]c3n2)cn1. The molecule has 0 bridgehead atoms. The lowest BCUT2D eigenvalue weighted by Gasteiger charge is -2.10. The van der Waals surface area contributed by atoms with Crippen LogP contribution < -0.4 is 15.4 Å². The molecule has 4 rings (SSSR count). The van der Waals surface area contributed by atoms with Gasteiger partial charge in [0.25, 0.3) is 0 Å². The third-order valence-electron chi connectivity index (χ3n) is 4.01. The summed E-state index contributed by atoms with van der Waals surface area (Å²) in [7, 11) is 1.83. The number of benzene rings is 1. The number of hydrogen-bond acceptors (Lipinski definition) is 7. The molecular formula is C19H19N7O2S. The molecule has 1 amide bonds. The number of aromatic nitrogens is 5. The molecule has 4 aromatic rings. The summed E-state index contributed by atoms with van der Waals surface area (Å²) in [6.07, 6.45) is 5.61. The van der Waals surface area contributed by atoms with Crippen molar-refractivity contribution in [3.63, 3.8) is 0 Å². The van der Waals surface area contributed by atoms with Gasteiger partial charge >= 0.3 is 0 Å². The first-order valence-corrected chi connectivity index (χ1v) is 9.53. The first kappa shape index (κ1) is 18.8. The van der Waals surface area contributed by atoms with Gasteiger partial charge in [0.1, 0.15) is 11.4 Å². The third-order valence-corrected chi connectivity index (χ3v) is 4.24. The van der Waals surface area contributed by atoms with Crippen LogP contribution in [-0.2, 0) is 11.8 Å². The van der Waals surface area contributed by atoms with Crippen LogP contribution in [0.3, 0.4) is 0 Å². The van der Waals surface area contributed by atoms with Gasteiger partial charge in [0.15, 0.2) is 0 Å². The Bertz CT molecular complexity index is 1150. The highest BCUT2D eigenvalue weighted by Crippen LogP contribution is 2.30. The number of fused-ring (bicyclic) bond motifs is 1. The molecule has 0 saturated carbocycles. The molecule has 1 aromatic carbocycles. The summed E-state index contributed by atoms with van der Waals surface area (Å²) in [6, 6.07) is 8.98. The van der Waals surface area contributed by atoms with Gasteiger partial charge in [0, 0.05) is 37.6 Å². The van der Waals surface area contributed by atoms with Crippen molar-refractivity contribution in [3.05, 3.63) is 48.9 Å². The lowest BCUT2D eigenvalue weighted by molar-refractivity contribution is -0.115. The second kappa shape index (κ2) is 8.23. The van der Waals surface area contributed by atoms with Crippen LogP contribution in [0.2, 0.25) is 0 Å². The van der Waals surface area contributed by atoms with Gasteiger partial charge in [0.2, 0.25) is 17.7 Å². The molecule has 0 radical (unpaired) electrons. The minimum atomic E-state index is -0.102. The number of aryl methyl sites for hydroxylation is 1. The van der Waals surface area contributed by atoms with E-state index >= 15 is 0 Å². The standard InChI is InChI=1S/C19H19N7O2S/c1-26-11-13(10-21-26)23-19-24-17-15(5-7-20-17)18(25-19)28-14-4-2-3-12(9-14)22-16(27)6-8-29/h2-5,7,9-11,29H,6,8H2,1H3,(H,22,27)(H2,20,23,24,25). The van der Waals surface area contributed by atoms with Crippen molar-refractivity contribution in [2.24, 2.45) is 7.05 Å². The maximum Gasteiger partial charge on any atom is 0.233 e. The Morgan fingerprint density at radius 2 is 2.17 bits per heavy atom. The molecule has 29 heavy (non-hydrogen) atoms. The lowest BCUT2D eigenvalue weighted by Crippen LogP contribution is -2.11. The highest BCUT2D eigenvalue weighted by molar-refractivity contribution is 7.80.